The molecule has 0 unspecified atom stereocenters. The minimum Gasteiger partial charge on any atom is -0.396 e. The minimum atomic E-state index is 0.597. The molecule has 7 heavy (non-hydrogen) atoms. The van der Waals surface area contributed by atoms with Crippen molar-refractivity contribution in [3.8, 4) is 0 Å². The second-order valence-corrected chi connectivity index (χ2v) is 1.76. The first-order chi connectivity index (χ1) is 3.91. The van der Waals surface area contributed by atoms with Crippen LogP contribution in [0.2, 0.25) is 0 Å². The van der Waals surface area contributed by atoms with Crippen molar-refractivity contribution in [3.63, 3.8) is 0 Å². The van der Waals surface area contributed by atoms with Crippen LogP contribution in [0.25, 0.3) is 0 Å². The number of aliphatic hydroxyl groups excluding tert-OH is 1. The first kappa shape index (κ1) is 5.10. The molecule has 1 heteroatoms. The van der Waals surface area contributed by atoms with Crippen LogP contribution in [0.5, 0.6) is 0 Å². The molecule has 0 spiro atoms. The van der Waals surface area contributed by atoms with Crippen LogP contribution in [-0.2, 0) is 0 Å². The van der Waals surface area contributed by atoms with Gasteiger partial charge in [-0.25, -0.2) is 0 Å². The molecular formula is C6H14O. The lowest BCUT2D eigenvalue weighted by atomic mass is 10.2. The van der Waals surface area contributed by atoms with Gasteiger partial charge < -0.3 is 5.11 Å². The molecule has 44 valence electrons. The summed E-state index contributed by atoms with van der Waals surface area (Å²) in [5.41, 5.74) is 0. The van der Waals surface area contributed by atoms with E-state index < -0.39 is 0 Å². The van der Waals surface area contributed by atoms with Crippen molar-refractivity contribution in [2.75, 3.05) is 6.61 Å². The van der Waals surface area contributed by atoms with Crippen LogP contribution in [0, 0.1) is 0 Å². The molecule has 0 bridgehead atoms. The summed E-state index contributed by atoms with van der Waals surface area (Å²) in [5.74, 6) is 0. The van der Waals surface area contributed by atoms with Gasteiger partial charge in [0.05, 0.1) is 0 Å². The van der Waals surface area contributed by atoms with Gasteiger partial charge in [0.2, 0.25) is 1.43 Å². The van der Waals surface area contributed by atoms with Gasteiger partial charge in [0.1, 0.15) is 0 Å². The first-order valence-electron chi connectivity index (χ1n) is 3.40. The third-order valence-electron chi connectivity index (χ3n) is 0.998. The van der Waals surface area contributed by atoms with Crippen molar-refractivity contribution in [3.05, 3.63) is 0 Å². The Hall–Kier alpha value is -0.0400. The Morgan fingerprint density at radius 2 is 2.29 bits per heavy atom. The van der Waals surface area contributed by atoms with Crippen molar-refractivity contribution in [1.82, 2.24) is 0 Å². The molecule has 0 saturated carbocycles. The summed E-state index contributed by atoms with van der Waals surface area (Å²) in [7, 11) is 0. The Labute approximate surface area is 46.8 Å². The summed E-state index contributed by atoms with van der Waals surface area (Å²) in [5, 5.41) is 4.14. The van der Waals surface area contributed by atoms with Gasteiger partial charge in [0.25, 0.3) is 0 Å². The zero-order valence-corrected chi connectivity index (χ0v) is 4.94. The zero-order chi connectivity index (χ0) is 6.24. The molecule has 0 amide bonds. The van der Waals surface area contributed by atoms with Crippen LogP contribution in [0.4, 0.5) is 0 Å². The molecule has 0 heterocycles. The number of hydrogen-bond acceptors (Lipinski definition) is 1. The SMILES string of the molecule is [2H]OCCCCCC. The molecule has 0 saturated heterocycles. The van der Waals surface area contributed by atoms with E-state index in [0.717, 1.165) is 6.42 Å². The molecule has 0 aromatic rings. The van der Waals surface area contributed by atoms with Crippen LogP contribution < -0.4 is 0 Å². The van der Waals surface area contributed by atoms with E-state index in [1.54, 1.807) is 0 Å². The van der Waals surface area contributed by atoms with Gasteiger partial charge in [-0.2, -0.15) is 0 Å². The molecule has 0 aliphatic heterocycles. The van der Waals surface area contributed by atoms with Crippen molar-refractivity contribution in [2.45, 2.75) is 32.6 Å². The van der Waals surface area contributed by atoms with E-state index in [-0.39, 0.29) is 0 Å². The maximum Gasteiger partial charge on any atom is 0.210 e. The fraction of sp³-hybridized carbons (Fsp3) is 1.00. The molecule has 0 fully saturated rings. The summed E-state index contributed by atoms with van der Waals surface area (Å²) in [4.78, 5) is 0. The Morgan fingerprint density at radius 3 is 2.86 bits per heavy atom. The van der Waals surface area contributed by atoms with Crippen LogP contribution in [-0.4, -0.2) is 13.1 Å². The largest absolute Gasteiger partial charge is 0.396 e. The Morgan fingerprint density at radius 1 is 1.43 bits per heavy atom. The van der Waals surface area contributed by atoms with Gasteiger partial charge in [0.15, 0.2) is 0 Å². The van der Waals surface area contributed by atoms with E-state index in [4.69, 9.17) is 1.43 Å². The van der Waals surface area contributed by atoms with Gasteiger partial charge >= 0.3 is 0 Å². The van der Waals surface area contributed by atoms with Crippen LogP contribution in [0.1, 0.15) is 32.6 Å². The molecule has 0 aromatic carbocycles. The standard InChI is InChI=1S/C6H14O/c1-2-3-4-5-6-7/h7H,2-6H2,1H3/i7D. The van der Waals surface area contributed by atoms with Gasteiger partial charge in [-0.15, -0.1) is 0 Å². The highest BCUT2D eigenvalue weighted by Crippen LogP contribution is 1.95. The highest BCUT2D eigenvalue weighted by Gasteiger charge is 1.80. The van der Waals surface area contributed by atoms with Crippen molar-refractivity contribution >= 4 is 0 Å². The van der Waals surface area contributed by atoms with E-state index in [2.05, 4.69) is 12.0 Å². The monoisotopic (exact) mass is 103 g/mol. The molecule has 0 rings (SSSR count). The van der Waals surface area contributed by atoms with E-state index in [9.17, 15) is 0 Å². The first-order valence-corrected chi connectivity index (χ1v) is 3.00. The number of hydrogen-bond donors (Lipinski definition) is 1. The van der Waals surface area contributed by atoms with Crippen LogP contribution >= 0.6 is 0 Å². The van der Waals surface area contributed by atoms with Crippen LogP contribution in [0.15, 0.2) is 0 Å². The maximum atomic E-state index is 6.34. The zero-order valence-electron chi connectivity index (χ0n) is 5.94. The second kappa shape index (κ2) is 5.96. The lowest BCUT2D eigenvalue weighted by molar-refractivity contribution is 0.283. The number of aliphatic hydroxyl groups is 1. The second-order valence-electron chi connectivity index (χ2n) is 1.76. The topological polar surface area (TPSA) is 20.2 Å². The van der Waals surface area contributed by atoms with Crippen molar-refractivity contribution < 1.29 is 5.11 Å². The summed E-state index contributed by atoms with van der Waals surface area (Å²) in [6.07, 6.45) is 4.76. The number of unbranched alkanes of at least 4 members (excludes halogenated alkanes) is 3. The van der Waals surface area contributed by atoms with Gasteiger partial charge in [-0.05, 0) is 6.42 Å². The normalized spacial score (nSPS) is 11.3. The lowest BCUT2D eigenvalue weighted by Crippen LogP contribution is -1.80. The smallest absolute Gasteiger partial charge is 0.210 e. The maximum absolute atomic E-state index is 6.34. The van der Waals surface area contributed by atoms with E-state index in [0.29, 0.717) is 6.61 Å². The molecule has 0 aliphatic rings. The fourth-order valence-corrected chi connectivity index (χ4v) is 0.529. The average molecular weight is 103 g/mol. The van der Waals surface area contributed by atoms with Crippen molar-refractivity contribution in [1.29, 1.82) is 1.43 Å². The fourth-order valence-electron chi connectivity index (χ4n) is 0.529. The average Bonchev–Trinajstić information content (AvgIpc) is 1.81. The Kier molecular flexibility index (Phi) is 4.35. The Balaban J connectivity index is 2.53. The molecule has 1 N–H and O–H groups in total. The molecule has 0 atom stereocenters. The van der Waals surface area contributed by atoms with Gasteiger partial charge in [-0.1, -0.05) is 26.2 Å². The molecule has 0 radical (unpaired) electrons. The molecule has 1 nitrogen and oxygen atoms in total. The lowest BCUT2D eigenvalue weighted by Gasteiger charge is -1.90. The van der Waals surface area contributed by atoms with E-state index >= 15 is 0 Å². The van der Waals surface area contributed by atoms with E-state index in [1.807, 2.05) is 0 Å². The predicted octanol–water partition coefficient (Wildman–Crippen LogP) is 1.56. The predicted molar refractivity (Wildman–Crippen MR) is 31.2 cm³/mol. The third-order valence-corrected chi connectivity index (χ3v) is 0.998. The summed E-state index contributed by atoms with van der Waals surface area (Å²) >= 11 is 0. The summed E-state index contributed by atoms with van der Waals surface area (Å²) in [6, 6.07) is 0. The molecular weight excluding hydrogens is 88.1 g/mol. The summed E-state index contributed by atoms with van der Waals surface area (Å²) in [6.45, 7) is 2.77. The molecule has 0 aliphatic carbocycles. The third kappa shape index (κ3) is 5.96. The van der Waals surface area contributed by atoms with Crippen LogP contribution in [0.3, 0.4) is 0 Å². The minimum absolute atomic E-state index is 0.597. The van der Waals surface area contributed by atoms with Gasteiger partial charge in [0, 0.05) is 6.61 Å². The van der Waals surface area contributed by atoms with Crippen molar-refractivity contribution in [2.24, 2.45) is 0 Å². The van der Waals surface area contributed by atoms with E-state index in [1.165, 1.54) is 19.3 Å². The number of rotatable bonds is 5. The van der Waals surface area contributed by atoms with Gasteiger partial charge in [-0.3, -0.25) is 0 Å². The highest BCUT2D eigenvalue weighted by atomic mass is 16.2. The Bertz CT molecular complexity index is 33.5. The summed E-state index contributed by atoms with van der Waals surface area (Å²) < 4.78 is 6.34. The molecule has 0 aromatic heterocycles. The highest BCUT2D eigenvalue weighted by molar-refractivity contribution is 4.35. The quantitative estimate of drug-likeness (QED) is 0.523.